The van der Waals surface area contributed by atoms with E-state index in [0.717, 1.165) is 43.2 Å². The standard InChI is InChI=1S/C20H22N4O3/c1-26-18-8-2-15(3-9-18)20-21-19(22-27-20)14-23-10-12-24(13-11-23)16-4-6-17(25)7-5-16/h2-9,25H,10-14H2,1H3. The Morgan fingerprint density at radius 2 is 1.70 bits per heavy atom. The van der Waals surface area contributed by atoms with Crippen LogP contribution in [0, 0.1) is 0 Å². The number of methoxy groups -OCH3 is 1. The molecule has 7 nitrogen and oxygen atoms in total. The molecule has 0 aliphatic carbocycles. The van der Waals surface area contributed by atoms with Crippen molar-refractivity contribution in [3.63, 3.8) is 0 Å². The van der Waals surface area contributed by atoms with Gasteiger partial charge in [0.25, 0.3) is 5.89 Å². The first-order chi connectivity index (χ1) is 13.2. The highest BCUT2D eigenvalue weighted by atomic mass is 16.5. The number of phenols is 1. The van der Waals surface area contributed by atoms with Crippen LogP contribution in [0.3, 0.4) is 0 Å². The molecule has 140 valence electrons. The van der Waals surface area contributed by atoms with Gasteiger partial charge in [-0.1, -0.05) is 5.16 Å². The van der Waals surface area contributed by atoms with Crippen LogP contribution in [0.2, 0.25) is 0 Å². The predicted molar refractivity (Wildman–Crippen MR) is 102 cm³/mol. The lowest BCUT2D eigenvalue weighted by atomic mass is 10.2. The molecule has 1 N–H and O–H groups in total. The van der Waals surface area contributed by atoms with E-state index < -0.39 is 0 Å². The van der Waals surface area contributed by atoms with Gasteiger partial charge in [-0.2, -0.15) is 4.98 Å². The summed E-state index contributed by atoms with van der Waals surface area (Å²) in [6, 6.07) is 14.9. The molecule has 1 aromatic heterocycles. The van der Waals surface area contributed by atoms with E-state index in [2.05, 4.69) is 19.9 Å². The number of anilines is 1. The lowest BCUT2D eigenvalue weighted by Gasteiger charge is -2.35. The minimum Gasteiger partial charge on any atom is -0.508 e. The van der Waals surface area contributed by atoms with Gasteiger partial charge in [0.05, 0.1) is 13.7 Å². The number of phenolic OH excluding ortho intramolecular Hbond substituents is 1. The van der Waals surface area contributed by atoms with Crippen molar-refractivity contribution in [2.75, 3.05) is 38.2 Å². The van der Waals surface area contributed by atoms with E-state index >= 15 is 0 Å². The van der Waals surface area contributed by atoms with E-state index in [0.29, 0.717) is 24.0 Å². The fraction of sp³-hybridized carbons (Fsp3) is 0.300. The number of nitrogens with zero attached hydrogens (tertiary/aromatic N) is 4. The average molecular weight is 366 g/mol. The largest absolute Gasteiger partial charge is 0.508 e. The Hall–Kier alpha value is -3.06. The molecule has 1 aliphatic rings. The minimum absolute atomic E-state index is 0.294. The Morgan fingerprint density at radius 1 is 1.00 bits per heavy atom. The zero-order chi connectivity index (χ0) is 18.6. The number of rotatable bonds is 5. The Balaban J connectivity index is 1.34. The summed E-state index contributed by atoms with van der Waals surface area (Å²) in [4.78, 5) is 9.15. The Labute approximate surface area is 157 Å². The smallest absolute Gasteiger partial charge is 0.257 e. The lowest BCUT2D eigenvalue weighted by molar-refractivity contribution is 0.240. The third-order valence-corrected chi connectivity index (χ3v) is 4.76. The summed E-state index contributed by atoms with van der Waals surface area (Å²) < 4.78 is 10.6. The summed E-state index contributed by atoms with van der Waals surface area (Å²) in [5.74, 6) is 2.31. The van der Waals surface area contributed by atoms with E-state index in [9.17, 15) is 5.11 Å². The maximum absolute atomic E-state index is 9.42. The average Bonchev–Trinajstić information content (AvgIpc) is 3.18. The predicted octanol–water partition coefficient (Wildman–Crippen LogP) is 2.77. The molecule has 1 saturated heterocycles. The van der Waals surface area contributed by atoms with Crippen molar-refractivity contribution in [3.05, 3.63) is 54.4 Å². The monoisotopic (exact) mass is 366 g/mol. The third kappa shape index (κ3) is 4.03. The Morgan fingerprint density at radius 3 is 2.37 bits per heavy atom. The fourth-order valence-corrected chi connectivity index (χ4v) is 3.20. The number of ether oxygens (including phenoxy) is 1. The highest BCUT2D eigenvalue weighted by Gasteiger charge is 2.19. The lowest BCUT2D eigenvalue weighted by Crippen LogP contribution is -2.46. The van der Waals surface area contributed by atoms with Gasteiger partial charge in [-0.3, -0.25) is 4.90 Å². The summed E-state index contributed by atoms with van der Waals surface area (Å²) in [5.41, 5.74) is 2.01. The topological polar surface area (TPSA) is 74.9 Å². The van der Waals surface area contributed by atoms with Gasteiger partial charge in [-0.15, -0.1) is 0 Å². The van der Waals surface area contributed by atoms with Gasteiger partial charge < -0.3 is 19.3 Å². The van der Waals surface area contributed by atoms with Crippen LogP contribution in [-0.2, 0) is 6.54 Å². The molecule has 0 bridgehead atoms. The molecule has 7 heteroatoms. The van der Waals surface area contributed by atoms with E-state index in [1.54, 1.807) is 19.2 Å². The van der Waals surface area contributed by atoms with Crippen LogP contribution in [0.1, 0.15) is 5.82 Å². The molecule has 0 unspecified atom stereocenters. The quantitative estimate of drug-likeness (QED) is 0.744. The van der Waals surface area contributed by atoms with Crippen LogP contribution in [0.25, 0.3) is 11.5 Å². The number of hydrogen-bond donors (Lipinski definition) is 1. The van der Waals surface area contributed by atoms with Crippen molar-refractivity contribution in [3.8, 4) is 23.0 Å². The maximum atomic E-state index is 9.42. The molecule has 0 saturated carbocycles. The number of benzene rings is 2. The molecule has 2 heterocycles. The molecule has 0 radical (unpaired) electrons. The second kappa shape index (κ2) is 7.67. The molecule has 0 amide bonds. The highest BCUT2D eigenvalue weighted by Crippen LogP contribution is 2.22. The van der Waals surface area contributed by atoms with Gasteiger partial charge in [0.15, 0.2) is 5.82 Å². The van der Waals surface area contributed by atoms with Gasteiger partial charge in [0, 0.05) is 37.4 Å². The highest BCUT2D eigenvalue weighted by molar-refractivity contribution is 5.54. The summed E-state index contributed by atoms with van der Waals surface area (Å²) in [6.07, 6.45) is 0. The van der Waals surface area contributed by atoms with Crippen LogP contribution in [0.15, 0.2) is 53.1 Å². The van der Waals surface area contributed by atoms with Crippen molar-refractivity contribution in [2.45, 2.75) is 6.54 Å². The SMILES string of the molecule is COc1ccc(-c2nc(CN3CCN(c4ccc(O)cc4)CC3)no2)cc1. The van der Waals surface area contributed by atoms with Crippen molar-refractivity contribution in [1.82, 2.24) is 15.0 Å². The summed E-state index contributed by atoms with van der Waals surface area (Å²) in [7, 11) is 1.64. The van der Waals surface area contributed by atoms with Gasteiger partial charge in [-0.05, 0) is 48.5 Å². The van der Waals surface area contributed by atoms with Crippen LogP contribution in [0.5, 0.6) is 11.5 Å². The van der Waals surface area contributed by atoms with Gasteiger partial charge in [0.1, 0.15) is 11.5 Å². The molecule has 3 aromatic rings. The molecule has 1 fully saturated rings. The van der Waals surface area contributed by atoms with Gasteiger partial charge in [0.2, 0.25) is 0 Å². The molecular weight excluding hydrogens is 344 g/mol. The molecule has 0 atom stereocenters. The molecule has 27 heavy (non-hydrogen) atoms. The normalized spacial score (nSPS) is 15.1. The summed E-state index contributed by atoms with van der Waals surface area (Å²) >= 11 is 0. The number of hydrogen-bond acceptors (Lipinski definition) is 7. The van der Waals surface area contributed by atoms with Gasteiger partial charge in [-0.25, -0.2) is 0 Å². The van der Waals surface area contributed by atoms with Crippen LogP contribution in [0.4, 0.5) is 5.69 Å². The van der Waals surface area contributed by atoms with Crippen molar-refractivity contribution in [1.29, 1.82) is 0 Å². The third-order valence-electron chi connectivity index (χ3n) is 4.76. The van der Waals surface area contributed by atoms with E-state index in [-0.39, 0.29) is 0 Å². The number of piperazine rings is 1. The first kappa shape index (κ1) is 17.4. The maximum Gasteiger partial charge on any atom is 0.257 e. The van der Waals surface area contributed by atoms with E-state index in [1.807, 2.05) is 36.4 Å². The second-order valence-electron chi connectivity index (χ2n) is 6.52. The van der Waals surface area contributed by atoms with E-state index in [1.165, 1.54) is 0 Å². The van der Waals surface area contributed by atoms with Gasteiger partial charge >= 0.3 is 0 Å². The fourth-order valence-electron chi connectivity index (χ4n) is 3.20. The molecule has 4 rings (SSSR count). The molecular formula is C20H22N4O3. The van der Waals surface area contributed by atoms with E-state index in [4.69, 9.17) is 9.26 Å². The van der Waals surface area contributed by atoms with Crippen LogP contribution >= 0.6 is 0 Å². The zero-order valence-corrected chi connectivity index (χ0v) is 15.2. The van der Waals surface area contributed by atoms with Crippen LogP contribution < -0.4 is 9.64 Å². The van der Waals surface area contributed by atoms with Crippen molar-refractivity contribution >= 4 is 5.69 Å². The molecule has 1 aliphatic heterocycles. The Bertz CT molecular complexity index is 869. The van der Waals surface area contributed by atoms with Crippen LogP contribution in [-0.4, -0.2) is 53.4 Å². The Kier molecular flexibility index (Phi) is 4.93. The first-order valence-electron chi connectivity index (χ1n) is 8.94. The number of aromatic nitrogens is 2. The first-order valence-corrected chi connectivity index (χ1v) is 8.94. The molecule has 0 spiro atoms. The minimum atomic E-state index is 0.294. The summed E-state index contributed by atoms with van der Waals surface area (Å²) in [5, 5.41) is 13.5. The second-order valence-corrected chi connectivity index (χ2v) is 6.52. The zero-order valence-electron chi connectivity index (χ0n) is 15.2. The number of aromatic hydroxyl groups is 1. The van der Waals surface area contributed by atoms with Crippen molar-refractivity contribution in [2.24, 2.45) is 0 Å². The summed E-state index contributed by atoms with van der Waals surface area (Å²) in [6.45, 7) is 4.37. The van der Waals surface area contributed by atoms with Crippen molar-refractivity contribution < 1.29 is 14.4 Å². The molecule has 2 aromatic carbocycles.